The average molecular weight is 178 g/mol. The molecule has 1 heteroatoms. The molecule has 0 aromatic carbocycles. The van der Waals surface area contributed by atoms with Crippen LogP contribution in [0.1, 0.15) is 57.8 Å². The first-order valence-electron chi connectivity index (χ1n) is 5.37. The normalized spacial score (nSPS) is 20.8. The lowest BCUT2D eigenvalue weighted by atomic mass is 10.0. The van der Waals surface area contributed by atoms with E-state index in [0.717, 1.165) is 19.3 Å². The molecule has 1 nitrogen and oxygen atoms in total. The Labute approximate surface area is 80.9 Å². The molecule has 0 radical (unpaired) electrons. The third kappa shape index (κ3) is 5.47. The molecule has 0 saturated carbocycles. The van der Waals surface area contributed by atoms with Crippen LogP contribution in [0, 0.1) is 11.8 Å². The first-order chi connectivity index (χ1) is 6.39. The number of hydrogen-bond acceptors (Lipinski definition) is 1. The van der Waals surface area contributed by atoms with Gasteiger partial charge < -0.3 is 0 Å². The number of Topliss-reactive ketones (excluding diaryl/α,β-unsaturated/α-hetero) is 1. The van der Waals surface area contributed by atoms with Gasteiger partial charge in [-0.1, -0.05) is 31.6 Å². The van der Waals surface area contributed by atoms with E-state index in [1.54, 1.807) is 0 Å². The molecule has 0 unspecified atom stereocenters. The number of rotatable bonds is 0. The van der Waals surface area contributed by atoms with Crippen molar-refractivity contribution in [1.82, 2.24) is 0 Å². The van der Waals surface area contributed by atoms with Gasteiger partial charge in [0.15, 0.2) is 0 Å². The lowest BCUT2D eigenvalue weighted by Gasteiger charge is -2.01. The highest BCUT2D eigenvalue weighted by Crippen LogP contribution is 2.09. The molecule has 0 bridgehead atoms. The standard InChI is InChI=1S/C12H18O/c13-12-10-8-6-4-2-1-3-5-7-9-11-12/h1-6,8,10-11H2. The van der Waals surface area contributed by atoms with Gasteiger partial charge in [-0.05, 0) is 12.8 Å². The van der Waals surface area contributed by atoms with Gasteiger partial charge >= 0.3 is 0 Å². The average Bonchev–Trinajstić information content (AvgIpc) is 2.11. The Hall–Kier alpha value is -0.770. The summed E-state index contributed by atoms with van der Waals surface area (Å²) in [5.74, 6) is 6.34. The molecule has 0 heterocycles. The largest absolute Gasteiger partial charge is 0.299 e. The number of carbonyl (C=O) groups is 1. The molecule has 0 amide bonds. The maximum Gasteiger partial charge on any atom is 0.144 e. The minimum atomic E-state index is 0.327. The zero-order chi connectivity index (χ0) is 9.36. The van der Waals surface area contributed by atoms with Crippen LogP contribution >= 0.6 is 0 Å². The van der Waals surface area contributed by atoms with E-state index in [2.05, 4.69) is 11.8 Å². The Balaban J connectivity index is 2.30. The second-order valence-electron chi connectivity index (χ2n) is 3.69. The summed E-state index contributed by atoms with van der Waals surface area (Å²) in [6.07, 6.45) is 9.63. The molecule has 72 valence electrons. The molecule has 1 rings (SSSR count). The van der Waals surface area contributed by atoms with Gasteiger partial charge in [0.2, 0.25) is 0 Å². The van der Waals surface area contributed by atoms with Crippen LogP contribution in [0.4, 0.5) is 0 Å². The molecule has 0 atom stereocenters. The molecular formula is C12H18O. The van der Waals surface area contributed by atoms with Gasteiger partial charge in [-0.15, -0.1) is 5.92 Å². The quantitative estimate of drug-likeness (QED) is 0.521. The van der Waals surface area contributed by atoms with Crippen molar-refractivity contribution in [2.75, 3.05) is 0 Å². The fraction of sp³-hybridized carbons (Fsp3) is 0.750. The highest BCUT2D eigenvalue weighted by Gasteiger charge is 1.99. The summed E-state index contributed by atoms with van der Waals surface area (Å²) in [5.41, 5.74) is 0. The summed E-state index contributed by atoms with van der Waals surface area (Å²) in [4.78, 5) is 11.2. The Kier molecular flexibility index (Phi) is 5.33. The van der Waals surface area contributed by atoms with E-state index in [9.17, 15) is 4.79 Å². The van der Waals surface area contributed by atoms with Crippen LogP contribution in [0.2, 0.25) is 0 Å². The topological polar surface area (TPSA) is 17.1 Å². The van der Waals surface area contributed by atoms with Crippen molar-refractivity contribution >= 4 is 5.78 Å². The fourth-order valence-electron chi connectivity index (χ4n) is 1.58. The molecule has 0 fully saturated rings. The predicted molar refractivity (Wildman–Crippen MR) is 54.3 cm³/mol. The summed E-state index contributed by atoms with van der Waals surface area (Å²) in [5, 5.41) is 0. The number of ketones is 1. The third-order valence-corrected chi connectivity index (χ3v) is 2.42. The van der Waals surface area contributed by atoms with Crippen LogP contribution in [0.5, 0.6) is 0 Å². The first-order valence-corrected chi connectivity index (χ1v) is 5.37. The second-order valence-corrected chi connectivity index (χ2v) is 3.69. The van der Waals surface area contributed by atoms with Crippen molar-refractivity contribution in [3.8, 4) is 11.8 Å². The van der Waals surface area contributed by atoms with E-state index in [1.807, 2.05) is 0 Å². The Morgan fingerprint density at radius 3 is 2.38 bits per heavy atom. The summed E-state index contributed by atoms with van der Waals surface area (Å²) in [6, 6.07) is 0. The van der Waals surface area contributed by atoms with Crippen molar-refractivity contribution in [3.63, 3.8) is 0 Å². The smallest absolute Gasteiger partial charge is 0.144 e. The minimum absolute atomic E-state index is 0.327. The van der Waals surface area contributed by atoms with Crippen LogP contribution < -0.4 is 0 Å². The molecule has 0 aromatic rings. The molecule has 13 heavy (non-hydrogen) atoms. The third-order valence-electron chi connectivity index (χ3n) is 2.42. The summed E-state index contributed by atoms with van der Waals surface area (Å²) < 4.78 is 0. The molecule has 1 aliphatic rings. The Bertz CT molecular complexity index is 207. The van der Waals surface area contributed by atoms with E-state index in [1.165, 1.54) is 32.1 Å². The fourth-order valence-corrected chi connectivity index (χ4v) is 1.58. The molecule has 1 aliphatic carbocycles. The minimum Gasteiger partial charge on any atom is -0.299 e. The molecule has 0 aromatic heterocycles. The second kappa shape index (κ2) is 6.71. The van der Waals surface area contributed by atoms with Gasteiger partial charge in [-0.3, -0.25) is 4.79 Å². The lowest BCUT2D eigenvalue weighted by Crippen LogP contribution is -1.96. The van der Waals surface area contributed by atoms with Crippen LogP contribution in [-0.2, 0) is 4.79 Å². The highest BCUT2D eigenvalue weighted by molar-refractivity contribution is 5.80. The van der Waals surface area contributed by atoms with Crippen LogP contribution in [0.3, 0.4) is 0 Å². The first kappa shape index (κ1) is 10.3. The molecule has 0 aliphatic heterocycles. The monoisotopic (exact) mass is 178 g/mol. The van der Waals surface area contributed by atoms with Crippen molar-refractivity contribution in [2.45, 2.75) is 57.8 Å². The molecule has 0 spiro atoms. The van der Waals surface area contributed by atoms with E-state index in [0.29, 0.717) is 12.2 Å². The predicted octanol–water partition coefficient (Wildman–Crippen LogP) is 3.08. The Morgan fingerprint density at radius 1 is 0.846 bits per heavy atom. The van der Waals surface area contributed by atoms with Crippen molar-refractivity contribution < 1.29 is 4.79 Å². The highest BCUT2D eigenvalue weighted by atomic mass is 16.1. The zero-order valence-corrected chi connectivity index (χ0v) is 8.27. The zero-order valence-electron chi connectivity index (χ0n) is 8.27. The summed E-state index contributed by atoms with van der Waals surface area (Å²) in [6.45, 7) is 0. The van der Waals surface area contributed by atoms with Gasteiger partial charge in [-0.25, -0.2) is 0 Å². The molecular weight excluding hydrogens is 160 g/mol. The lowest BCUT2D eigenvalue weighted by molar-refractivity contribution is -0.118. The van der Waals surface area contributed by atoms with Crippen molar-refractivity contribution in [1.29, 1.82) is 0 Å². The maximum absolute atomic E-state index is 11.2. The molecule has 0 N–H and O–H groups in total. The van der Waals surface area contributed by atoms with Gasteiger partial charge in [0.25, 0.3) is 0 Å². The maximum atomic E-state index is 11.2. The summed E-state index contributed by atoms with van der Waals surface area (Å²) >= 11 is 0. The van der Waals surface area contributed by atoms with Gasteiger partial charge in [0.1, 0.15) is 5.78 Å². The van der Waals surface area contributed by atoms with Crippen LogP contribution in [-0.4, -0.2) is 5.78 Å². The van der Waals surface area contributed by atoms with E-state index in [4.69, 9.17) is 0 Å². The number of hydrogen-bond donors (Lipinski definition) is 0. The molecule has 0 saturated heterocycles. The van der Waals surface area contributed by atoms with Crippen LogP contribution in [0.25, 0.3) is 0 Å². The van der Waals surface area contributed by atoms with Gasteiger partial charge in [0.05, 0.1) is 6.42 Å². The van der Waals surface area contributed by atoms with Gasteiger partial charge in [-0.2, -0.15) is 0 Å². The van der Waals surface area contributed by atoms with E-state index < -0.39 is 0 Å². The van der Waals surface area contributed by atoms with E-state index in [-0.39, 0.29) is 0 Å². The van der Waals surface area contributed by atoms with Gasteiger partial charge in [0, 0.05) is 12.8 Å². The van der Waals surface area contributed by atoms with Crippen molar-refractivity contribution in [2.24, 2.45) is 0 Å². The number of carbonyl (C=O) groups excluding carboxylic acids is 1. The Morgan fingerprint density at radius 2 is 1.54 bits per heavy atom. The van der Waals surface area contributed by atoms with E-state index >= 15 is 0 Å². The summed E-state index contributed by atoms with van der Waals surface area (Å²) in [7, 11) is 0. The van der Waals surface area contributed by atoms with Crippen LogP contribution in [0.15, 0.2) is 0 Å². The van der Waals surface area contributed by atoms with Crippen molar-refractivity contribution in [3.05, 3.63) is 0 Å². The SMILES string of the molecule is O=C1CC#CCCCCCCCC1.